The van der Waals surface area contributed by atoms with E-state index in [1.54, 1.807) is 23.1 Å². The minimum absolute atomic E-state index is 0.0630. The predicted octanol–water partition coefficient (Wildman–Crippen LogP) is 4.83. The Labute approximate surface area is 160 Å². The summed E-state index contributed by atoms with van der Waals surface area (Å²) in [6, 6.07) is 14.6. The number of carbonyl (C=O) groups is 2. The van der Waals surface area contributed by atoms with Crippen molar-refractivity contribution in [2.75, 3.05) is 16.8 Å². The maximum atomic E-state index is 13.0. The van der Waals surface area contributed by atoms with Gasteiger partial charge in [-0.2, -0.15) is 0 Å². The van der Waals surface area contributed by atoms with Crippen LogP contribution >= 0.6 is 11.8 Å². The van der Waals surface area contributed by atoms with Gasteiger partial charge in [-0.3, -0.25) is 9.59 Å². The Kier molecular flexibility index (Phi) is 4.56. The third kappa shape index (κ3) is 3.27. The number of hydrogen-bond donors (Lipinski definition) is 1. The van der Waals surface area contributed by atoms with Gasteiger partial charge in [0.05, 0.1) is 23.1 Å². The average Bonchev–Trinajstić information content (AvgIpc) is 3.18. The number of fused-ring (bicyclic) bond motifs is 2. The van der Waals surface area contributed by atoms with E-state index >= 15 is 0 Å². The highest BCUT2D eigenvalue weighted by Gasteiger charge is 2.26. The van der Waals surface area contributed by atoms with Gasteiger partial charge in [-0.15, -0.1) is 6.58 Å². The Morgan fingerprint density at radius 1 is 1.19 bits per heavy atom. The van der Waals surface area contributed by atoms with Crippen LogP contribution in [0.15, 0.2) is 87.9 Å². The van der Waals surface area contributed by atoms with E-state index in [1.807, 2.05) is 36.4 Å². The van der Waals surface area contributed by atoms with Gasteiger partial charge < -0.3 is 14.6 Å². The van der Waals surface area contributed by atoms with Gasteiger partial charge >= 0.3 is 0 Å². The van der Waals surface area contributed by atoms with E-state index in [-0.39, 0.29) is 11.8 Å². The van der Waals surface area contributed by atoms with Crippen LogP contribution in [-0.4, -0.2) is 18.4 Å². The van der Waals surface area contributed by atoms with Crippen LogP contribution in [0.25, 0.3) is 0 Å². The molecule has 2 aromatic carbocycles. The molecule has 2 heterocycles. The Hall–Kier alpha value is -3.25. The van der Waals surface area contributed by atoms with Crippen LogP contribution in [0, 0.1) is 0 Å². The molecule has 5 nitrogen and oxygen atoms in total. The first kappa shape index (κ1) is 17.2. The number of nitrogens with zero attached hydrogens (tertiary/aromatic N) is 1. The average molecular weight is 376 g/mol. The number of benzene rings is 2. The Balaban J connectivity index is 1.73. The monoisotopic (exact) mass is 376 g/mol. The van der Waals surface area contributed by atoms with Crippen molar-refractivity contribution < 1.29 is 14.0 Å². The second-order valence-corrected chi connectivity index (χ2v) is 7.04. The summed E-state index contributed by atoms with van der Waals surface area (Å²) in [6.07, 6.45) is 4.56. The summed E-state index contributed by atoms with van der Waals surface area (Å²) < 4.78 is 4.95. The molecule has 0 fully saturated rings. The van der Waals surface area contributed by atoms with E-state index < -0.39 is 0 Å². The molecule has 0 spiro atoms. The molecule has 1 aliphatic rings. The molecule has 4 rings (SSSR count). The van der Waals surface area contributed by atoms with Crippen molar-refractivity contribution in [3.05, 3.63) is 84.8 Å². The van der Waals surface area contributed by atoms with E-state index in [9.17, 15) is 9.59 Å². The van der Waals surface area contributed by atoms with Gasteiger partial charge in [0, 0.05) is 22.0 Å². The molecule has 0 saturated carbocycles. The van der Waals surface area contributed by atoms with Gasteiger partial charge in [-0.05, 0) is 36.4 Å². The second-order valence-electron chi connectivity index (χ2n) is 5.95. The topological polar surface area (TPSA) is 62.6 Å². The van der Waals surface area contributed by atoms with Crippen LogP contribution < -0.4 is 10.2 Å². The zero-order valence-corrected chi connectivity index (χ0v) is 15.2. The van der Waals surface area contributed by atoms with Crippen LogP contribution in [0.5, 0.6) is 0 Å². The molecular formula is C21H16N2O3S. The molecule has 0 unspecified atom stereocenters. The molecule has 1 aliphatic heterocycles. The molecular weight excluding hydrogens is 360 g/mol. The van der Waals surface area contributed by atoms with Crippen LogP contribution in [0.3, 0.4) is 0 Å². The van der Waals surface area contributed by atoms with Gasteiger partial charge in [-0.25, -0.2) is 0 Å². The van der Waals surface area contributed by atoms with Crippen LogP contribution in [0.1, 0.15) is 20.7 Å². The van der Waals surface area contributed by atoms with E-state index in [2.05, 4.69) is 11.9 Å². The quantitative estimate of drug-likeness (QED) is 0.663. The van der Waals surface area contributed by atoms with Gasteiger partial charge in [0.25, 0.3) is 11.8 Å². The molecule has 3 aromatic rings. The number of amides is 2. The van der Waals surface area contributed by atoms with Gasteiger partial charge in [0.2, 0.25) is 0 Å². The third-order valence-corrected chi connectivity index (χ3v) is 5.31. The van der Waals surface area contributed by atoms with Gasteiger partial charge in [0.15, 0.2) is 0 Å². The van der Waals surface area contributed by atoms with Crippen molar-refractivity contribution >= 4 is 35.0 Å². The van der Waals surface area contributed by atoms with Crippen molar-refractivity contribution in [3.63, 3.8) is 0 Å². The van der Waals surface area contributed by atoms with Crippen molar-refractivity contribution in [2.45, 2.75) is 9.79 Å². The molecule has 134 valence electrons. The van der Waals surface area contributed by atoms with Crippen molar-refractivity contribution in [3.8, 4) is 0 Å². The summed E-state index contributed by atoms with van der Waals surface area (Å²) in [7, 11) is 0. The summed E-state index contributed by atoms with van der Waals surface area (Å²) in [4.78, 5) is 28.7. The number of furan rings is 1. The highest BCUT2D eigenvalue weighted by molar-refractivity contribution is 7.99. The molecule has 0 radical (unpaired) electrons. The third-order valence-electron chi connectivity index (χ3n) is 4.19. The highest BCUT2D eigenvalue weighted by atomic mass is 32.2. The number of carbonyl (C=O) groups excluding carboxylic acids is 2. The standard InChI is InChI=1S/C21H16N2O3S/c1-2-10-23-17-8-7-15(22-20(24)14-9-11-26-13-14)12-19(17)27-18-6-4-3-5-16(18)21(23)25/h2-9,11-13H,1,10H2,(H,22,24). The van der Waals surface area contributed by atoms with E-state index in [0.717, 1.165) is 15.5 Å². The van der Waals surface area contributed by atoms with Crippen LogP contribution in [-0.2, 0) is 0 Å². The fraction of sp³-hybridized carbons (Fsp3) is 0.0476. The van der Waals surface area contributed by atoms with Gasteiger partial charge in [-0.1, -0.05) is 30.0 Å². The maximum Gasteiger partial charge on any atom is 0.259 e. The summed E-state index contributed by atoms with van der Waals surface area (Å²) >= 11 is 1.51. The van der Waals surface area contributed by atoms with Crippen molar-refractivity contribution in [2.24, 2.45) is 0 Å². The summed E-state index contributed by atoms with van der Waals surface area (Å²) in [5.41, 5.74) is 2.55. The number of anilines is 2. The van der Waals surface area contributed by atoms with Crippen molar-refractivity contribution in [1.29, 1.82) is 0 Å². The van der Waals surface area contributed by atoms with Gasteiger partial charge in [0.1, 0.15) is 6.26 Å². The number of hydrogen-bond acceptors (Lipinski definition) is 4. The number of rotatable bonds is 4. The number of nitrogens with one attached hydrogen (secondary N) is 1. The lowest BCUT2D eigenvalue weighted by atomic mass is 10.1. The molecule has 0 atom stereocenters. The zero-order valence-electron chi connectivity index (χ0n) is 14.3. The molecule has 27 heavy (non-hydrogen) atoms. The van der Waals surface area contributed by atoms with Crippen molar-refractivity contribution in [1.82, 2.24) is 0 Å². The molecule has 0 aliphatic carbocycles. The largest absolute Gasteiger partial charge is 0.472 e. The molecule has 6 heteroatoms. The Bertz CT molecular complexity index is 1030. The highest BCUT2D eigenvalue weighted by Crippen LogP contribution is 2.42. The first-order valence-electron chi connectivity index (χ1n) is 8.34. The zero-order chi connectivity index (χ0) is 18.8. The summed E-state index contributed by atoms with van der Waals surface area (Å²) in [5, 5.41) is 2.86. The van der Waals surface area contributed by atoms with E-state index in [4.69, 9.17) is 4.42 Å². The fourth-order valence-corrected chi connectivity index (χ4v) is 4.03. The van der Waals surface area contributed by atoms with Crippen LogP contribution in [0.4, 0.5) is 11.4 Å². The molecule has 2 amide bonds. The lowest BCUT2D eigenvalue weighted by Crippen LogP contribution is -2.30. The summed E-state index contributed by atoms with van der Waals surface area (Å²) in [6.45, 7) is 4.17. The van der Waals surface area contributed by atoms with Crippen LogP contribution in [0.2, 0.25) is 0 Å². The summed E-state index contributed by atoms with van der Waals surface area (Å²) in [5.74, 6) is -0.311. The first-order valence-corrected chi connectivity index (χ1v) is 9.16. The lowest BCUT2D eigenvalue weighted by molar-refractivity contribution is 0.0985. The SMILES string of the molecule is C=CCN1C(=O)c2ccccc2Sc2cc(NC(=O)c3ccoc3)ccc21. The van der Waals surface area contributed by atoms with E-state index in [0.29, 0.717) is 23.4 Å². The lowest BCUT2D eigenvalue weighted by Gasteiger charge is -2.21. The molecule has 0 saturated heterocycles. The normalized spacial score (nSPS) is 12.7. The molecule has 0 bridgehead atoms. The fourth-order valence-electron chi connectivity index (χ4n) is 2.91. The molecule has 1 aromatic heterocycles. The minimum Gasteiger partial charge on any atom is -0.472 e. The first-order chi connectivity index (χ1) is 13.2. The maximum absolute atomic E-state index is 13.0. The Morgan fingerprint density at radius 3 is 2.81 bits per heavy atom. The minimum atomic E-state index is -0.248. The van der Waals surface area contributed by atoms with E-state index in [1.165, 1.54) is 24.3 Å². The second kappa shape index (κ2) is 7.17. The molecule has 1 N–H and O–H groups in total. The Morgan fingerprint density at radius 2 is 2.04 bits per heavy atom. The smallest absolute Gasteiger partial charge is 0.259 e. The predicted molar refractivity (Wildman–Crippen MR) is 106 cm³/mol.